The van der Waals surface area contributed by atoms with E-state index in [1.165, 1.54) is 0 Å². The van der Waals surface area contributed by atoms with Gasteiger partial charge in [0.1, 0.15) is 0 Å². The maximum atomic E-state index is 7.30. The summed E-state index contributed by atoms with van der Waals surface area (Å²) in [7, 11) is 0. The lowest BCUT2D eigenvalue weighted by molar-refractivity contribution is 0.269. The quantitative estimate of drug-likeness (QED) is 0.462. The second-order valence-electron chi connectivity index (χ2n) is 2.03. The van der Waals surface area contributed by atoms with E-state index >= 15 is 0 Å². The maximum Gasteiger partial charge on any atom is 0.0846 e. The molecule has 0 fully saturated rings. The van der Waals surface area contributed by atoms with Gasteiger partial charge in [-0.3, -0.25) is 0 Å². The summed E-state index contributed by atoms with van der Waals surface area (Å²) < 4.78 is 4.93. The number of hydrogen-bond donors (Lipinski definition) is 1. The molecule has 58 valence electrons. The van der Waals surface area contributed by atoms with Crippen molar-refractivity contribution in [3.63, 3.8) is 0 Å². The monoisotopic (exact) mass is 141 g/mol. The topological polar surface area (TPSA) is 33.1 Å². The van der Waals surface area contributed by atoms with Gasteiger partial charge in [-0.15, -0.1) is 0 Å². The Morgan fingerprint density at radius 1 is 1.50 bits per heavy atom. The first kappa shape index (κ1) is 9.21. The zero-order valence-corrected chi connectivity index (χ0v) is 6.68. The molecule has 0 rings (SSSR count). The molecule has 0 saturated carbocycles. The minimum absolute atomic E-state index is 0.635. The summed E-state index contributed by atoms with van der Waals surface area (Å²) in [5, 5.41) is 7.30. The van der Waals surface area contributed by atoms with Crippen LogP contribution < -0.4 is 0 Å². The Morgan fingerprint density at radius 3 is 2.70 bits per heavy atom. The standard InChI is InChI=1S/C8H15NO/c1-3-5-8(9)6-7-10-4-2/h6-7,9H,3-5H2,1-2H3/b7-6+,9-8?. The molecule has 0 aromatic rings. The molecule has 0 radical (unpaired) electrons. The lowest BCUT2D eigenvalue weighted by Gasteiger charge is -1.93. The Balaban J connectivity index is 3.36. The van der Waals surface area contributed by atoms with Crippen LogP contribution in [0, 0.1) is 5.41 Å². The fourth-order valence-corrected chi connectivity index (χ4v) is 0.579. The minimum atomic E-state index is 0.635. The molecule has 10 heavy (non-hydrogen) atoms. The van der Waals surface area contributed by atoms with Crippen LogP contribution in [0.3, 0.4) is 0 Å². The first-order valence-electron chi connectivity index (χ1n) is 3.66. The van der Waals surface area contributed by atoms with Crippen LogP contribution in [0.5, 0.6) is 0 Å². The zero-order chi connectivity index (χ0) is 7.82. The summed E-state index contributed by atoms with van der Waals surface area (Å²) >= 11 is 0. The van der Waals surface area contributed by atoms with Gasteiger partial charge in [-0.1, -0.05) is 13.3 Å². The highest BCUT2D eigenvalue weighted by atomic mass is 16.5. The summed E-state index contributed by atoms with van der Waals surface area (Å²) in [5.41, 5.74) is 0.635. The highest BCUT2D eigenvalue weighted by molar-refractivity contribution is 5.91. The smallest absolute Gasteiger partial charge is 0.0846 e. The molecule has 0 heterocycles. The molecule has 0 aromatic carbocycles. The normalized spacial score (nSPS) is 10.2. The second-order valence-corrected chi connectivity index (χ2v) is 2.03. The van der Waals surface area contributed by atoms with Crippen LogP contribution in [0.25, 0.3) is 0 Å². The molecule has 0 amide bonds. The van der Waals surface area contributed by atoms with Crippen molar-refractivity contribution in [1.82, 2.24) is 0 Å². The van der Waals surface area contributed by atoms with E-state index in [2.05, 4.69) is 6.92 Å². The second kappa shape index (κ2) is 6.33. The molecule has 0 spiro atoms. The lowest BCUT2D eigenvalue weighted by atomic mass is 10.2. The van der Waals surface area contributed by atoms with E-state index in [0.29, 0.717) is 12.3 Å². The number of ether oxygens (including phenoxy) is 1. The van der Waals surface area contributed by atoms with E-state index in [1.54, 1.807) is 12.3 Å². The largest absolute Gasteiger partial charge is 0.501 e. The molecule has 2 heteroatoms. The van der Waals surface area contributed by atoms with Crippen molar-refractivity contribution < 1.29 is 4.74 Å². The third-order valence-electron chi connectivity index (χ3n) is 1.05. The van der Waals surface area contributed by atoms with E-state index in [1.807, 2.05) is 6.92 Å². The van der Waals surface area contributed by atoms with Crippen molar-refractivity contribution in [3.8, 4) is 0 Å². The van der Waals surface area contributed by atoms with Crippen LogP contribution in [0.1, 0.15) is 26.7 Å². The van der Waals surface area contributed by atoms with E-state index in [-0.39, 0.29) is 0 Å². The summed E-state index contributed by atoms with van der Waals surface area (Å²) in [6.07, 6.45) is 5.14. The number of allylic oxidation sites excluding steroid dienone is 1. The third-order valence-corrected chi connectivity index (χ3v) is 1.05. The van der Waals surface area contributed by atoms with Gasteiger partial charge in [0.2, 0.25) is 0 Å². The molecule has 0 unspecified atom stereocenters. The average Bonchev–Trinajstić information content (AvgIpc) is 1.89. The highest BCUT2D eigenvalue weighted by Gasteiger charge is 1.86. The molecule has 0 aromatic heterocycles. The van der Waals surface area contributed by atoms with Gasteiger partial charge >= 0.3 is 0 Å². The average molecular weight is 141 g/mol. The molecule has 0 atom stereocenters. The van der Waals surface area contributed by atoms with Crippen LogP contribution >= 0.6 is 0 Å². The van der Waals surface area contributed by atoms with Crippen LogP contribution in [0.15, 0.2) is 12.3 Å². The molecule has 2 nitrogen and oxygen atoms in total. The first-order valence-corrected chi connectivity index (χ1v) is 3.66. The molecule has 1 N–H and O–H groups in total. The van der Waals surface area contributed by atoms with E-state index in [0.717, 1.165) is 12.8 Å². The van der Waals surface area contributed by atoms with Gasteiger partial charge in [-0.2, -0.15) is 0 Å². The summed E-state index contributed by atoms with van der Waals surface area (Å²) in [6.45, 7) is 4.66. The molecule has 0 bridgehead atoms. The Bertz CT molecular complexity index is 118. The summed E-state index contributed by atoms with van der Waals surface area (Å²) in [4.78, 5) is 0. The predicted molar refractivity (Wildman–Crippen MR) is 43.4 cm³/mol. The molecule has 0 saturated heterocycles. The van der Waals surface area contributed by atoms with Crippen molar-refractivity contribution >= 4 is 5.71 Å². The van der Waals surface area contributed by atoms with Crippen molar-refractivity contribution in [2.75, 3.05) is 6.61 Å². The first-order chi connectivity index (χ1) is 4.81. The number of rotatable bonds is 5. The highest BCUT2D eigenvalue weighted by Crippen LogP contribution is 1.91. The fourth-order valence-electron chi connectivity index (χ4n) is 0.579. The van der Waals surface area contributed by atoms with E-state index in [9.17, 15) is 0 Å². The SMILES string of the molecule is CCCC(=N)/C=C/OCC. The van der Waals surface area contributed by atoms with Crippen molar-refractivity contribution in [3.05, 3.63) is 12.3 Å². The number of hydrogen-bond acceptors (Lipinski definition) is 2. The van der Waals surface area contributed by atoms with Gasteiger partial charge < -0.3 is 10.1 Å². The van der Waals surface area contributed by atoms with Gasteiger partial charge in [-0.05, 0) is 19.4 Å². The van der Waals surface area contributed by atoms with E-state index < -0.39 is 0 Å². The summed E-state index contributed by atoms with van der Waals surface area (Å²) in [6, 6.07) is 0. The molecular weight excluding hydrogens is 126 g/mol. The van der Waals surface area contributed by atoms with Gasteiger partial charge in [0.15, 0.2) is 0 Å². The molecular formula is C8H15NO. The molecule has 0 aliphatic carbocycles. The van der Waals surface area contributed by atoms with Crippen LogP contribution in [-0.4, -0.2) is 12.3 Å². The van der Waals surface area contributed by atoms with Crippen molar-refractivity contribution in [1.29, 1.82) is 5.41 Å². The van der Waals surface area contributed by atoms with Crippen LogP contribution in [0.4, 0.5) is 0 Å². The predicted octanol–water partition coefficient (Wildman–Crippen LogP) is 2.36. The Kier molecular flexibility index (Phi) is 5.83. The zero-order valence-electron chi connectivity index (χ0n) is 6.68. The summed E-state index contributed by atoms with van der Waals surface area (Å²) in [5.74, 6) is 0. The van der Waals surface area contributed by atoms with Crippen molar-refractivity contribution in [2.45, 2.75) is 26.7 Å². The Morgan fingerprint density at radius 2 is 2.20 bits per heavy atom. The van der Waals surface area contributed by atoms with Gasteiger partial charge in [0.05, 0.1) is 12.9 Å². The van der Waals surface area contributed by atoms with Crippen LogP contribution in [-0.2, 0) is 4.74 Å². The van der Waals surface area contributed by atoms with Crippen molar-refractivity contribution in [2.24, 2.45) is 0 Å². The van der Waals surface area contributed by atoms with Gasteiger partial charge in [0, 0.05) is 5.71 Å². The number of nitrogens with one attached hydrogen (secondary N) is 1. The van der Waals surface area contributed by atoms with Crippen LogP contribution in [0.2, 0.25) is 0 Å². The fraction of sp³-hybridized carbons (Fsp3) is 0.625. The third kappa shape index (κ3) is 5.35. The molecule has 0 aliphatic rings. The maximum absolute atomic E-state index is 7.30. The lowest BCUT2D eigenvalue weighted by Crippen LogP contribution is -1.89. The van der Waals surface area contributed by atoms with Gasteiger partial charge in [-0.25, -0.2) is 0 Å². The Labute approximate surface area is 62.4 Å². The van der Waals surface area contributed by atoms with E-state index in [4.69, 9.17) is 10.1 Å². The minimum Gasteiger partial charge on any atom is -0.501 e. The Hall–Kier alpha value is -0.790. The van der Waals surface area contributed by atoms with Gasteiger partial charge in [0.25, 0.3) is 0 Å². The molecule has 0 aliphatic heterocycles.